The number of unbranched alkanes of at least 4 members (excludes halogenated alkanes) is 3. The highest BCUT2D eigenvalue weighted by Crippen LogP contribution is 2.23. The highest BCUT2D eigenvalue weighted by Gasteiger charge is 2.20. The van der Waals surface area contributed by atoms with Gasteiger partial charge in [-0.25, -0.2) is 0 Å². The third kappa shape index (κ3) is 5.19. The van der Waals surface area contributed by atoms with Gasteiger partial charge in [-0.05, 0) is 19.3 Å². The van der Waals surface area contributed by atoms with Crippen LogP contribution in [0.5, 0.6) is 0 Å². The maximum Gasteiger partial charge on any atom is 0.223 e. The molecule has 0 atom stereocenters. The van der Waals surface area contributed by atoms with E-state index in [0.29, 0.717) is 11.8 Å². The topological polar surface area (TPSA) is 29.1 Å². The number of carbonyl (C=O) groups excluding carboxylic acids is 1. The summed E-state index contributed by atoms with van der Waals surface area (Å²) in [5, 5.41) is 3.07. The Morgan fingerprint density at radius 3 is 2.53 bits per heavy atom. The summed E-state index contributed by atoms with van der Waals surface area (Å²) in [6, 6.07) is 0. The first-order valence-electron chi connectivity index (χ1n) is 6.62. The molecule has 1 aliphatic rings. The van der Waals surface area contributed by atoms with Crippen LogP contribution in [0.4, 0.5) is 0 Å². The Labute approximate surface area is 93.8 Å². The molecule has 1 N–H and O–H groups in total. The molecule has 0 aromatic carbocycles. The summed E-state index contributed by atoms with van der Waals surface area (Å²) < 4.78 is 0. The first-order valence-corrected chi connectivity index (χ1v) is 6.62. The van der Waals surface area contributed by atoms with E-state index < -0.39 is 0 Å². The van der Waals surface area contributed by atoms with Crippen molar-refractivity contribution in [3.63, 3.8) is 0 Å². The van der Waals surface area contributed by atoms with Crippen molar-refractivity contribution in [2.45, 2.75) is 64.7 Å². The summed E-state index contributed by atoms with van der Waals surface area (Å²) in [4.78, 5) is 11.7. The molecule has 2 nitrogen and oxygen atoms in total. The average Bonchev–Trinajstić information content (AvgIpc) is 2.30. The lowest BCUT2D eigenvalue weighted by molar-refractivity contribution is -0.125. The molecule has 0 aromatic rings. The quantitative estimate of drug-likeness (QED) is 0.671. The monoisotopic (exact) mass is 211 g/mol. The van der Waals surface area contributed by atoms with E-state index in [2.05, 4.69) is 12.2 Å². The van der Waals surface area contributed by atoms with Crippen molar-refractivity contribution < 1.29 is 4.79 Å². The fourth-order valence-corrected chi connectivity index (χ4v) is 2.27. The highest BCUT2D eigenvalue weighted by molar-refractivity contribution is 5.78. The molecule has 1 rings (SSSR count). The largest absolute Gasteiger partial charge is 0.356 e. The lowest BCUT2D eigenvalue weighted by Gasteiger charge is -2.20. The maximum atomic E-state index is 11.7. The minimum absolute atomic E-state index is 0.311. The van der Waals surface area contributed by atoms with Crippen LogP contribution in [0.3, 0.4) is 0 Å². The van der Waals surface area contributed by atoms with Crippen LogP contribution in [0.15, 0.2) is 0 Å². The Bertz CT molecular complexity index is 173. The van der Waals surface area contributed by atoms with Crippen molar-refractivity contribution in [1.82, 2.24) is 5.32 Å². The van der Waals surface area contributed by atoms with Crippen molar-refractivity contribution >= 4 is 5.91 Å². The maximum absolute atomic E-state index is 11.7. The smallest absolute Gasteiger partial charge is 0.223 e. The molecule has 0 saturated heterocycles. The van der Waals surface area contributed by atoms with Crippen LogP contribution in [0.2, 0.25) is 0 Å². The minimum Gasteiger partial charge on any atom is -0.356 e. The van der Waals surface area contributed by atoms with Gasteiger partial charge < -0.3 is 5.32 Å². The molecule has 2 heteroatoms. The molecule has 0 bridgehead atoms. The third-order valence-electron chi connectivity index (χ3n) is 3.31. The van der Waals surface area contributed by atoms with Gasteiger partial charge in [0.2, 0.25) is 5.91 Å². The molecule has 0 unspecified atom stereocenters. The van der Waals surface area contributed by atoms with E-state index in [-0.39, 0.29) is 0 Å². The summed E-state index contributed by atoms with van der Waals surface area (Å²) >= 11 is 0. The predicted molar refractivity (Wildman–Crippen MR) is 63.7 cm³/mol. The Balaban J connectivity index is 2.02. The Kier molecular flexibility index (Phi) is 6.45. The Hall–Kier alpha value is -0.530. The van der Waals surface area contributed by atoms with E-state index in [0.717, 1.165) is 25.8 Å². The fraction of sp³-hybridized carbons (Fsp3) is 0.923. The van der Waals surface area contributed by atoms with Gasteiger partial charge in [0.25, 0.3) is 0 Å². The van der Waals surface area contributed by atoms with Gasteiger partial charge in [-0.15, -0.1) is 0 Å². The normalized spacial score (nSPS) is 17.7. The van der Waals surface area contributed by atoms with E-state index in [1.807, 2.05) is 0 Å². The standard InChI is InChI=1S/C13H25NO/c1-2-3-4-8-11-14-13(15)12-9-6-5-7-10-12/h12H,2-11H2,1H3,(H,14,15). The first kappa shape index (κ1) is 12.5. The number of carbonyl (C=O) groups is 1. The zero-order valence-electron chi connectivity index (χ0n) is 10.1. The Morgan fingerprint density at radius 1 is 1.13 bits per heavy atom. The SMILES string of the molecule is CCCCCCNC(=O)C1CCCCC1. The van der Waals surface area contributed by atoms with Crippen LogP contribution in [0, 0.1) is 5.92 Å². The van der Waals surface area contributed by atoms with Crippen LogP contribution in [0.1, 0.15) is 64.7 Å². The molecule has 0 radical (unpaired) electrons. The molecule has 0 aliphatic heterocycles. The summed E-state index contributed by atoms with van der Waals surface area (Å²) in [5.41, 5.74) is 0. The van der Waals surface area contributed by atoms with Crippen molar-refractivity contribution in [1.29, 1.82) is 0 Å². The summed E-state index contributed by atoms with van der Waals surface area (Å²) in [7, 11) is 0. The molecule has 1 aliphatic carbocycles. The van der Waals surface area contributed by atoms with Gasteiger partial charge in [0, 0.05) is 12.5 Å². The van der Waals surface area contributed by atoms with Gasteiger partial charge in [-0.2, -0.15) is 0 Å². The van der Waals surface area contributed by atoms with Gasteiger partial charge in [0.05, 0.1) is 0 Å². The summed E-state index contributed by atoms with van der Waals surface area (Å²) in [5.74, 6) is 0.635. The predicted octanol–water partition coefficient (Wildman–Crippen LogP) is 3.26. The number of hydrogen-bond donors (Lipinski definition) is 1. The molecule has 1 amide bonds. The van der Waals surface area contributed by atoms with Crippen molar-refractivity contribution in [2.75, 3.05) is 6.54 Å². The van der Waals surface area contributed by atoms with E-state index in [4.69, 9.17) is 0 Å². The van der Waals surface area contributed by atoms with Crippen LogP contribution in [-0.2, 0) is 4.79 Å². The highest BCUT2D eigenvalue weighted by atomic mass is 16.1. The molecule has 0 heterocycles. The van der Waals surface area contributed by atoms with Gasteiger partial charge in [0.1, 0.15) is 0 Å². The number of nitrogens with one attached hydrogen (secondary N) is 1. The fourth-order valence-electron chi connectivity index (χ4n) is 2.27. The van der Waals surface area contributed by atoms with Crippen molar-refractivity contribution in [3.05, 3.63) is 0 Å². The Morgan fingerprint density at radius 2 is 1.87 bits per heavy atom. The lowest BCUT2D eigenvalue weighted by atomic mass is 9.89. The zero-order valence-corrected chi connectivity index (χ0v) is 10.1. The summed E-state index contributed by atoms with van der Waals surface area (Å²) in [6.07, 6.45) is 11.0. The third-order valence-corrected chi connectivity index (χ3v) is 3.31. The minimum atomic E-state index is 0.311. The van der Waals surface area contributed by atoms with E-state index >= 15 is 0 Å². The second-order valence-electron chi connectivity index (χ2n) is 4.69. The molecule has 0 spiro atoms. The van der Waals surface area contributed by atoms with E-state index in [9.17, 15) is 4.79 Å². The zero-order chi connectivity index (χ0) is 10.9. The second kappa shape index (κ2) is 7.72. The van der Waals surface area contributed by atoms with Gasteiger partial charge in [-0.1, -0.05) is 45.4 Å². The number of rotatable bonds is 6. The van der Waals surface area contributed by atoms with Crippen molar-refractivity contribution in [2.24, 2.45) is 5.92 Å². The molecule has 15 heavy (non-hydrogen) atoms. The molecule has 0 aromatic heterocycles. The van der Waals surface area contributed by atoms with Crippen LogP contribution in [0.25, 0.3) is 0 Å². The van der Waals surface area contributed by atoms with Gasteiger partial charge in [-0.3, -0.25) is 4.79 Å². The summed E-state index contributed by atoms with van der Waals surface area (Å²) in [6.45, 7) is 3.09. The molecular weight excluding hydrogens is 186 g/mol. The van der Waals surface area contributed by atoms with E-state index in [1.54, 1.807) is 0 Å². The number of amides is 1. The molecule has 1 saturated carbocycles. The molecule has 1 fully saturated rings. The average molecular weight is 211 g/mol. The van der Waals surface area contributed by atoms with Gasteiger partial charge in [0.15, 0.2) is 0 Å². The number of hydrogen-bond acceptors (Lipinski definition) is 1. The molecular formula is C13H25NO. The van der Waals surface area contributed by atoms with Crippen LogP contribution >= 0.6 is 0 Å². The lowest BCUT2D eigenvalue weighted by Crippen LogP contribution is -2.32. The molecule has 88 valence electrons. The van der Waals surface area contributed by atoms with Crippen molar-refractivity contribution in [3.8, 4) is 0 Å². The van der Waals surface area contributed by atoms with Crippen LogP contribution in [-0.4, -0.2) is 12.5 Å². The second-order valence-corrected chi connectivity index (χ2v) is 4.69. The first-order chi connectivity index (χ1) is 7.34. The van der Waals surface area contributed by atoms with Crippen LogP contribution < -0.4 is 5.32 Å². The van der Waals surface area contributed by atoms with Gasteiger partial charge >= 0.3 is 0 Å². The van der Waals surface area contributed by atoms with E-state index in [1.165, 1.54) is 38.5 Å².